The predicted octanol–water partition coefficient (Wildman–Crippen LogP) is 2.65. The van der Waals surface area contributed by atoms with Gasteiger partial charge in [0, 0.05) is 26.4 Å². The second-order valence-corrected chi connectivity index (χ2v) is 10.5. The van der Waals surface area contributed by atoms with E-state index in [0.717, 1.165) is 5.52 Å². The van der Waals surface area contributed by atoms with Gasteiger partial charge in [-0.2, -0.15) is 0 Å². The molecule has 0 atom stereocenters. The molecule has 0 unspecified atom stereocenters. The lowest BCUT2D eigenvalue weighted by Gasteiger charge is -2.12. The van der Waals surface area contributed by atoms with Crippen LogP contribution in [0.5, 0.6) is 5.75 Å². The van der Waals surface area contributed by atoms with Crippen LogP contribution in [0, 0.1) is 0 Å². The van der Waals surface area contributed by atoms with Crippen LogP contribution in [0.25, 0.3) is 16.7 Å². The van der Waals surface area contributed by atoms with E-state index >= 15 is 0 Å². The summed E-state index contributed by atoms with van der Waals surface area (Å²) in [7, 11) is -0.490. The van der Waals surface area contributed by atoms with Gasteiger partial charge >= 0.3 is 0 Å². The Morgan fingerprint density at radius 1 is 1.12 bits per heavy atom. The van der Waals surface area contributed by atoms with Crippen molar-refractivity contribution in [2.24, 2.45) is 0 Å². The van der Waals surface area contributed by atoms with Crippen molar-refractivity contribution in [1.29, 1.82) is 0 Å². The minimum atomic E-state index is -3.47. The lowest BCUT2D eigenvalue weighted by Crippen LogP contribution is -2.22. The highest BCUT2D eigenvalue weighted by Gasteiger charge is 2.17. The first-order valence-electron chi connectivity index (χ1n) is 10.1. The van der Waals surface area contributed by atoms with Crippen molar-refractivity contribution in [2.45, 2.75) is 16.6 Å². The van der Waals surface area contributed by atoms with Crippen molar-refractivity contribution in [1.82, 2.24) is 23.5 Å². The van der Waals surface area contributed by atoms with Crippen LogP contribution in [0.4, 0.5) is 0 Å². The van der Waals surface area contributed by atoms with E-state index in [1.165, 1.54) is 42.3 Å². The number of hydrogen-bond donors (Lipinski definition) is 0. The molecule has 0 amide bonds. The summed E-state index contributed by atoms with van der Waals surface area (Å²) in [6, 6.07) is 13.7. The molecule has 2 aromatic carbocycles. The van der Waals surface area contributed by atoms with Crippen LogP contribution in [-0.2, 0) is 16.6 Å². The van der Waals surface area contributed by atoms with Gasteiger partial charge in [-0.1, -0.05) is 30.0 Å². The Morgan fingerprint density at radius 3 is 2.55 bits per heavy atom. The van der Waals surface area contributed by atoms with Crippen LogP contribution in [0.2, 0.25) is 0 Å². The first kappa shape index (κ1) is 23.0. The second kappa shape index (κ2) is 9.38. The first-order valence-corrected chi connectivity index (χ1v) is 12.5. The number of sulfonamides is 1. The van der Waals surface area contributed by atoms with Gasteiger partial charge in [-0.05, 0) is 36.4 Å². The van der Waals surface area contributed by atoms with Gasteiger partial charge in [0.25, 0.3) is 5.56 Å². The standard InChI is InChI=1S/C22H23N5O4S2/c1-4-13-26-20(28)18-7-5-6-8-19(18)27-21(26)23-24-22(27)32-15-14-31-16-9-11-17(12-10-16)33(29,30)25(2)3/h4-12H,1,13-15H2,2-3H3. The predicted molar refractivity (Wildman–Crippen MR) is 128 cm³/mol. The van der Waals surface area contributed by atoms with Gasteiger partial charge in [0.2, 0.25) is 15.8 Å². The number of allylic oxidation sites excluding steroid dienone is 1. The SMILES string of the molecule is C=CCn1c(=O)c2ccccc2n2c(SCCOc3ccc(S(=O)(=O)N(C)C)cc3)nnc12. The summed E-state index contributed by atoms with van der Waals surface area (Å²) in [4.78, 5) is 13.1. The minimum absolute atomic E-state index is 0.134. The Morgan fingerprint density at radius 2 is 1.85 bits per heavy atom. The summed E-state index contributed by atoms with van der Waals surface area (Å²) < 4.78 is 34.7. The molecule has 0 spiro atoms. The molecule has 0 fully saturated rings. The molecular weight excluding hydrogens is 462 g/mol. The fourth-order valence-electron chi connectivity index (χ4n) is 3.33. The molecule has 0 saturated heterocycles. The number of para-hydroxylation sites is 1. The molecule has 0 aliphatic rings. The van der Waals surface area contributed by atoms with Gasteiger partial charge in [0.05, 0.1) is 22.4 Å². The van der Waals surface area contributed by atoms with Crippen LogP contribution >= 0.6 is 11.8 Å². The molecule has 0 bridgehead atoms. The maximum Gasteiger partial charge on any atom is 0.263 e. The molecule has 4 aromatic rings. The van der Waals surface area contributed by atoms with Crippen LogP contribution in [0.15, 0.2) is 76.0 Å². The number of hydrogen-bond acceptors (Lipinski definition) is 7. The van der Waals surface area contributed by atoms with Gasteiger partial charge in [-0.15, -0.1) is 16.8 Å². The Hall–Kier alpha value is -3.15. The quantitative estimate of drug-likeness (QED) is 0.204. The first-order chi connectivity index (χ1) is 15.8. The van der Waals surface area contributed by atoms with Gasteiger partial charge in [0.1, 0.15) is 5.75 Å². The van der Waals surface area contributed by atoms with E-state index in [1.54, 1.807) is 28.8 Å². The highest BCUT2D eigenvalue weighted by molar-refractivity contribution is 7.99. The largest absolute Gasteiger partial charge is 0.493 e. The molecule has 2 aromatic heterocycles. The average molecular weight is 486 g/mol. The van der Waals surface area contributed by atoms with Crippen LogP contribution in [-0.4, -0.2) is 58.3 Å². The monoisotopic (exact) mass is 485 g/mol. The van der Waals surface area contributed by atoms with Crippen LogP contribution in [0.1, 0.15) is 0 Å². The van der Waals surface area contributed by atoms with Crippen molar-refractivity contribution < 1.29 is 13.2 Å². The Kier molecular flexibility index (Phi) is 6.54. The number of fused-ring (bicyclic) bond motifs is 3. The van der Waals surface area contributed by atoms with Gasteiger partial charge in [-0.3, -0.25) is 13.8 Å². The third kappa shape index (κ3) is 4.39. The van der Waals surface area contributed by atoms with Gasteiger partial charge in [0.15, 0.2) is 5.16 Å². The van der Waals surface area contributed by atoms with Crippen molar-refractivity contribution in [2.75, 3.05) is 26.5 Å². The Labute approximate surface area is 195 Å². The highest BCUT2D eigenvalue weighted by Crippen LogP contribution is 2.22. The lowest BCUT2D eigenvalue weighted by molar-refractivity contribution is 0.343. The van der Waals surface area contributed by atoms with Gasteiger partial charge < -0.3 is 4.74 Å². The third-order valence-corrected chi connectivity index (χ3v) is 7.70. The zero-order valence-electron chi connectivity index (χ0n) is 18.2. The van der Waals surface area contributed by atoms with E-state index in [9.17, 15) is 13.2 Å². The summed E-state index contributed by atoms with van der Waals surface area (Å²) in [6.45, 7) is 4.44. The lowest BCUT2D eigenvalue weighted by atomic mass is 10.2. The Balaban J connectivity index is 1.51. The number of rotatable bonds is 9. The summed E-state index contributed by atoms with van der Waals surface area (Å²) in [5.74, 6) is 1.61. The molecule has 0 aliphatic carbocycles. The average Bonchev–Trinajstić information content (AvgIpc) is 3.23. The van der Waals surface area contributed by atoms with Crippen molar-refractivity contribution >= 4 is 38.5 Å². The fraction of sp³-hybridized carbons (Fsp3) is 0.227. The zero-order valence-corrected chi connectivity index (χ0v) is 19.8. The topological polar surface area (TPSA) is 98.8 Å². The minimum Gasteiger partial charge on any atom is -0.493 e. The highest BCUT2D eigenvalue weighted by atomic mass is 32.2. The van der Waals surface area contributed by atoms with E-state index in [0.29, 0.717) is 41.0 Å². The van der Waals surface area contributed by atoms with Gasteiger partial charge in [-0.25, -0.2) is 12.7 Å². The maximum absolute atomic E-state index is 12.8. The Bertz CT molecular complexity index is 1470. The molecule has 9 nitrogen and oxygen atoms in total. The fourth-order valence-corrected chi connectivity index (χ4v) is 4.99. The molecule has 2 heterocycles. The van der Waals surface area contributed by atoms with Crippen LogP contribution in [0.3, 0.4) is 0 Å². The summed E-state index contributed by atoms with van der Waals surface area (Å²) >= 11 is 1.46. The number of aromatic nitrogens is 4. The molecule has 0 N–H and O–H groups in total. The summed E-state index contributed by atoms with van der Waals surface area (Å²) in [6.07, 6.45) is 1.65. The van der Waals surface area contributed by atoms with E-state index in [-0.39, 0.29) is 10.5 Å². The van der Waals surface area contributed by atoms with E-state index in [2.05, 4.69) is 16.8 Å². The van der Waals surface area contributed by atoms with E-state index in [4.69, 9.17) is 4.74 Å². The number of thioether (sulfide) groups is 1. The maximum atomic E-state index is 12.8. The van der Waals surface area contributed by atoms with Crippen molar-refractivity contribution in [3.63, 3.8) is 0 Å². The van der Waals surface area contributed by atoms with Crippen LogP contribution < -0.4 is 10.3 Å². The smallest absolute Gasteiger partial charge is 0.263 e. The number of nitrogens with zero attached hydrogens (tertiary/aromatic N) is 5. The summed E-state index contributed by atoms with van der Waals surface area (Å²) in [5, 5.41) is 9.75. The normalized spacial score (nSPS) is 12.0. The molecule has 0 saturated carbocycles. The van der Waals surface area contributed by atoms with Crippen molar-refractivity contribution in [3.8, 4) is 5.75 Å². The molecule has 0 aliphatic heterocycles. The molecule has 0 radical (unpaired) electrons. The summed E-state index contributed by atoms with van der Waals surface area (Å²) in [5.41, 5.74) is 0.605. The molecule has 4 rings (SSSR count). The molecule has 11 heteroatoms. The number of benzene rings is 2. The third-order valence-electron chi connectivity index (χ3n) is 4.98. The van der Waals surface area contributed by atoms with E-state index in [1.807, 2.05) is 22.6 Å². The zero-order chi connectivity index (χ0) is 23.6. The number of ether oxygens (including phenoxy) is 1. The molecular formula is C22H23N5O4S2. The second-order valence-electron chi connectivity index (χ2n) is 7.30. The van der Waals surface area contributed by atoms with E-state index < -0.39 is 10.0 Å². The van der Waals surface area contributed by atoms with Crippen molar-refractivity contribution in [3.05, 3.63) is 71.5 Å². The molecule has 172 valence electrons. The molecule has 33 heavy (non-hydrogen) atoms.